The number of nitrogens with two attached hydrogens (primary N) is 1. The van der Waals surface area contributed by atoms with E-state index in [4.69, 9.17) is 5.73 Å². The zero-order valence-electron chi connectivity index (χ0n) is 10.2. The van der Waals surface area contributed by atoms with Gasteiger partial charge in [-0.25, -0.2) is 13.1 Å². The molecule has 100 valence electrons. The van der Waals surface area contributed by atoms with E-state index in [2.05, 4.69) is 21.8 Å². The van der Waals surface area contributed by atoms with Crippen LogP contribution in [0.25, 0.3) is 0 Å². The topological polar surface area (TPSA) is 75.4 Å². The molecule has 0 aromatic rings. The van der Waals surface area contributed by atoms with Crippen LogP contribution in [0, 0.1) is 0 Å². The molecule has 1 saturated heterocycles. The largest absolute Gasteiger partial charge is 0.392 e. The highest BCUT2D eigenvalue weighted by atomic mass is 32.2. The number of nitrogens with zero attached hydrogens (tertiary/aromatic N) is 1. The molecule has 1 heterocycles. The molecule has 1 unspecified atom stereocenters. The lowest BCUT2D eigenvalue weighted by Gasteiger charge is -2.29. The Morgan fingerprint density at radius 1 is 1.41 bits per heavy atom. The van der Waals surface area contributed by atoms with Crippen LogP contribution in [0.2, 0.25) is 0 Å². The molecule has 0 aromatic carbocycles. The third kappa shape index (κ3) is 6.30. The van der Waals surface area contributed by atoms with Crippen LogP contribution < -0.4 is 10.5 Å². The first-order valence-electron chi connectivity index (χ1n) is 5.90. The molecular weight excluding hydrogens is 258 g/mol. The van der Waals surface area contributed by atoms with Gasteiger partial charge in [-0.05, 0) is 32.9 Å². The molecule has 1 aliphatic heterocycles. The van der Waals surface area contributed by atoms with Gasteiger partial charge in [0, 0.05) is 12.6 Å². The van der Waals surface area contributed by atoms with Gasteiger partial charge in [0.15, 0.2) is 0 Å². The maximum absolute atomic E-state index is 11.6. The summed E-state index contributed by atoms with van der Waals surface area (Å²) in [6.45, 7) is 4.73. The van der Waals surface area contributed by atoms with Gasteiger partial charge in [0.05, 0.1) is 4.99 Å². The average molecular weight is 279 g/mol. The summed E-state index contributed by atoms with van der Waals surface area (Å²) in [5, 5.41) is 0. The van der Waals surface area contributed by atoms with Gasteiger partial charge in [-0.3, -0.25) is 0 Å². The summed E-state index contributed by atoms with van der Waals surface area (Å²) in [6.07, 6.45) is 3.68. The highest BCUT2D eigenvalue weighted by Gasteiger charge is 2.18. The first-order chi connectivity index (χ1) is 7.89. The molecular formula is C10H21N3O2S2. The third-order valence-electron chi connectivity index (χ3n) is 2.69. The fraction of sp³-hybridized carbons (Fsp3) is 0.900. The van der Waals surface area contributed by atoms with Gasteiger partial charge in [0.2, 0.25) is 10.0 Å². The van der Waals surface area contributed by atoms with E-state index in [-0.39, 0.29) is 16.8 Å². The molecule has 3 N–H and O–H groups in total. The van der Waals surface area contributed by atoms with Crippen LogP contribution in [0.5, 0.6) is 0 Å². The van der Waals surface area contributed by atoms with Crippen molar-refractivity contribution < 1.29 is 8.42 Å². The quantitative estimate of drug-likeness (QED) is 0.673. The van der Waals surface area contributed by atoms with Gasteiger partial charge in [0.25, 0.3) is 0 Å². The number of nitrogens with one attached hydrogen (secondary N) is 1. The zero-order valence-corrected chi connectivity index (χ0v) is 11.8. The van der Waals surface area contributed by atoms with Gasteiger partial charge >= 0.3 is 0 Å². The average Bonchev–Trinajstić information content (AvgIpc) is 2.15. The third-order valence-corrected chi connectivity index (χ3v) is 4.47. The first kappa shape index (κ1) is 14.8. The Bertz CT molecular complexity index is 351. The molecule has 17 heavy (non-hydrogen) atoms. The number of piperidine rings is 1. The molecule has 1 atom stereocenters. The molecule has 0 aromatic heterocycles. The summed E-state index contributed by atoms with van der Waals surface area (Å²) in [4.78, 5) is 2.29. The number of thiocarbonyl (C=S) groups is 1. The van der Waals surface area contributed by atoms with Crippen LogP contribution in [0.4, 0.5) is 0 Å². The lowest BCUT2D eigenvalue weighted by Crippen LogP contribution is -2.45. The van der Waals surface area contributed by atoms with Crippen LogP contribution in [0.3, 0.4) is 0 Å². The minimum absolute atomic E-state index is 0.00247. The lowest BCUT2D eigenvalue weighted by atomic mass is 10.1. The predicted molar refractivity (Wildman–Crippen MR) is 73.5 cm³/mol. The molecule has 0 spiro atoms. The smallest absolute Gasteiger partial charge is 0.218 e. The van der Waals surface area contributed by atoms with Crippen molar-refractivity contribution in [2.45, 2.75) is 32.2 Å². The highest BCUT2D eigenvalue weighted by molar-refractivity contribution is 7.92. The monoisotopic (exact) mass is 279 g/mol. The SMILES string of the molecule is CC(CN1CCCCC1)NS(=O)(=O)CC(N)=S. The molecule has 1 fully saturated rings. The fourth-order valence-corrected chi connectivity index (χ4v) is 3.71. The normalized spacial score (nSPS) is 20.1. The van der Waals surface area contributed by atoms with Crippen molar-refractivity contribution in [2.75, 3.05) is 25.4 Å². The Morgan fingerprint density at radius 3 is 2.53 bits per heavy atom. The summed E-state index contributed by atoms with van der Waals surface area (Å²) < 4.78 is 25.8. The Morgan fingerprint density at radius 2 is 2.00 bits per heavy atom. The fourth-order valence-electron chi connectivity index (χ4n) is 2.10. The van der Waals surface area contributed by atoms with E-state index in [1.54, 1.807) is 0 Å². The maximum Gasteiger partial charge on any atom is 0.218 e. The summed E-state index contributed by atoms with van der Waals surface area (Å²) in [5.74, 6) is -0.271. The number of sulfonamides is 1. The maximum atomic E-state index is 11.6. The molecule has 0 amide bonds. The Kier molecular flexibility index (Phi) is 5.78. The van der Waals surface area contributed by atoms with Gasteiger partial charge in [-0.1, -0.05) is 18.6 Å². The van der Waals surface area contributed by atoms with Crippen molar-refractivity contribution in [1.29, 1.82) is 0 Å². The number of hydrogen-bond donors (Lipinski definition) is 2. The Balaban J connectivity index is 2.37. The molecule has 7 heteroatoms. The molecule has 0 saturated carbocycles. The van der Waals surface area contributed by atoms with Crippen molar-refractivity contribution in [3.8, 4) is 0 Å². The first-order valence-corrected chi connectivity index (χ1v) is 7.96. The van der Waals surface area contributed by atoms with Crippen molar-refractivity contribution in [1.82, 2.24) is 9.62 Å². The summed E-state index contributed by atoms with van der Waals surface area (Å²) in [6, 6.07) is -0.104. The van der Waals surface area contributed by atoms with Crippen LogP contribution in [-0.2, 0) is 10.0 Å². The van der Waals surface area contributed by atoms with Crippen molar-refractivity contribution in [3.05, 3.63) is 0 Å². The van der Waals surface area contributed by atoms with Gasteiger partial charge in [-0.2, -0.15) is 0 Å². The molecule has 1 rings (SSSR count). The van der Waals surface area contributed by atoms with Gasteiger partial charge in [-0.15, -0.1) is 0 Å². The van der Waals surface area contributed by atoms with Crippen molar-refractivity contribution >= 4 is 27.2 Å². The van der Waals surface area contributed by atoms with E-state index in [1.165, 1.54) is 19.3 Å². The second kappa shape index (κ2) is 6.63. The molecule has 1 aliphatic rings. The van der Waals surface area contributed by atoms with Crippen LogP contribution in [0.1, 0.15) is 26.2 Å². The number of rotatable bonds is 6. The highest BCUT2D eigenvalue weighted by Crippen LogP contribution is 2.08. The molecule has 0 aliphatic carbocycles. The molecule has 0 bridgehead atoms. The molecule has 0 radical (unpaired) electrons. The minimum atomic E-state index is -3.37. The predicted octanol–water partition coefficient (Wildman–Crippen LogP) is 0.0663. The van der Waals surface area contributed by atoms with E-state index in [1.807, 2.05) is 6.92 Å². The summed E-state index contributed by atoms with van der Waals surface area (Å²) >= 11 is 4.61. The van der Waals surface area contributed by atoms with E-state index in [0.717, 1.165) is 19.6 Å². The van der Waals surface area contributed by atoms with Crippen molar-refractivity contribution in [3.63, 3.8) is 0 Å². The molecule has 5 nitrogen and oxygen atoms in total. The van der Waals surface area contributed by atoms with Gasteiger partial charge < -0.3 is 10.6 Å². The van der Waals surface area contributed by atoms with Crippen LogP contribution >= 0.6 is 12.2 Å². The Labute approximate surface area is 109 Å². The van der Waals surface area contributed by atoms with E-state index in [9.17, 15) is 8.42 Å². The van der Waals surface area contributed by atoms with E-state index in [0.29, 0.717) is 0 Å². The van der Waals surface area contributed by atoms with Crippen LogP contribution in [-0.4, -0.2) is 49.7 Å². The number of hydrogen-bond acceptors (Lipinski definition) is 4. The van der Waals surface area contributed by atoms with E-state index >= 15 is 0 Å². The zero-order chi connectivity index (χ0) is 12.9. The minimum Gasteiger partial charge on any atom is -0.392 e. The second-order valence-corrected chi connectivity index (χ2v) is 6.88. The summed E-state index contributed by atoms with van der Waals surface area (Å²) in [5.41, 5.74) is 5.24. The lowest BCUT2D eigenvalue weighted by molar-refractivity contribution is 0.215. The standard InChI is InChI=1S/C10H21N3O2S2/c1-9(7-13-5-3-2-4-6-13)12-17(14,15)8-10(11)16/h9,12H,2-8H2,1H3,(H2,11,16). The van der Waals surface area contributed by atoms with Crippen molar-refractivity contribution in [2.24, 2.45) is 5.73 Å². The van der Waals surface area contributed by atoms with Gasteiger partial charge in [0.1, 0.15) is 5.75 Å². The van der Waals surface area contributed by atoms with E-state index < -0.39 is 10.0 Å². The van der Waals surface area contributed by atoms with Crippen LogP contribution in [0.15, 0.2) is 0 Å². The summed E-state index contributed by atoms with van der Waals surface area (Å²) in [7, 11) is -3.37. The number of likely N-dealkylation sites (tertiary alicyclic amines) is 1. The Hall–Kier alpha value is -0.240. The second-order valence-electron chi connectivity index (χ2n) is 4.61.